The van der Waals surface area contributed by atoms with E-state index in [4.69, 9.17) is 4.74 Å². The summed E-state index contributed by atoms with van der Waals surface area (Å²) in [5.74, 6) is 0.645. The van der Waals surface area contributed by atoms with Crippen LogP contribution in [0.1, 0.15) is 62.8 Å². The van der Waals surface area contributed by atoms with Gasteiger partial charge in [0, 0.05) is 19.6 Å². The molecule has 0 spiro atoms. The van der Waals surface area contributed by atoms with Crippen molar-refractivity contribution in [1.29, 1.82) is 0 Å². The maximum atomic E-state index is 13.3. The minimum atomic E-state index is -1.40. The summed E-state index contributed by atoms with van der Waals surface area (Å²) in [6.45, 7) is 13.7. The fraction of sp³-hybridized carbons (Fsp3) is 0.515. The van der Waals surface area contributed by atoms with Crippen molar-refractivity contribution in [3.63, 3.8) is 0 Å². The number of carbonyl (C=O) groups excluding carboxylic acids is 2. The Morgan fingerprint density at radius 3 is 2.10 bits per heavy atom. The minimum Gasteiger partial charge on any atom is -0.497 e. The van der Waals surface area contributed by atoms with E-state index in [0.717, 1.165) is 35.4 Å². The van der Waals surface area contributed by atoms with Gasteiger partial charge in [-0.05, 0) is 73.7 Å². The zero-order valence-electron chi connectivity index (χ0n) is 26.4. The minimum absolute atomic E-state index is 0.231. The number of ether oxygens (including phenoxy) is 1. The van der Waals surface area contributed by atoms with Crippen LogP contribution in [0.15, 0.2) is 54.9 Å². The van der Waals surface area contributed by atoms with E-state index in [1.807, 2.05) is 60.0 Å². The van der Waals surface area contributed by atoms with E-state index in [-0.39, 0.29) is 18.4 Å². The molecule has 9 heteroatoms. The third-order valence-electron chi connectivity index (χ3n) is 6.95. The maximum Gasteiger partial charge on any atom is 0.251 e. The monoisotopic (exact) mass is 581 g/mol. The Morgan fingerprint density at radius 2 is 1.52 bits per heavy atom. The maximum absolute atomic E-state index is 13.3. The molecule has 0 aromatic heterocycles. The van der Waals surface area contributed by atoms with E-state index in [1.54, 1.807) is 7.11 Å². The third-order valence-corrected chi connectivity index (χ3v) is 6.95. The molecule has 0 aliphatic carbocycles. The highest BCUT2D eigenvalue weighted by Gasteiger charge is 2.29. The van der Waals surface area contributed by atoms with Crippen molar-refractivity contribution in [3.8, 4) is 5.75 Å². The molecule has 232 valence electrons. The number of nitrogens with zero attached hydrogens (tertiary/aromatic N) is 1. The number of hydrogen-bond acceptors (Lipinski definition) is 7. The number of rotatable bonds is 18. The Hall–Kier alpha value is -3.56. The van der Waals surface area contributed by atoms with Crippen LogP contribution in [0.5, 0.6) is 5.75 Å². The van der Waals surface area contributed by atoms with Gasteiger partial charge in [-0.1, -0.05) is 64.6 Å². The SMILES string of the molecule is C=C(NCc1ccc(CN(C)C)cc1)N[C@@H](CC(C)C)C(=O)NC(CC)C(O)C(=O)NCc1cc(CC)cc(OC)c1. The smallest absolute Gasteiger partial charge is 0.251 e. The molecule has 0 radical (unpaired) electrons. The van der Waals surface area contributed by atoms with E-state index >= 15 is 0 Å². The summed E-state index contributed by atoms with van der Waals surface area (Å²) in [4.78, 5) is 28.3. The number of nitrogens with one attached hydrogen (secondary N) is 4. The predicted octanol–water partition coefficient (Wildman–Crippen LogP) is 3.46. The number of carbonyl (C=O) groups is 2. The molecular formula is C33H51N5O4. The molecule has 2 aromatic rings. The highest BCUT2D eigenvalue weighted by Crippen LogP contribution is 2.18. The Morgan fingerprint density at radius 1 is 0.905 bits per heavy atom. The lowest BCUT2D eigenvalue weighted by Gasteiger charge is -2.27. The zero-order valence-corrected chi connectivity index (χ0v) is 26.4. The lowest BCUT2D eigenvalue weighted by Crippen LogP contribution is -2.55. The Kier molecular flexibility index (Phi) is 14.4. The molecule has 0 saturated heterocycles. The van der Waals surface area contributed by atoms with Crippen LogP contribution in [0, 0.1) is 5.92 Å². The van der Waals surface area contributed by atoms with E-state index in [0.29, 0.717) is 25.2 Å². The molecule has 2 rings (SSSR count). The van der Waals surface area contributed by atoms with Gasteiger partial charge in [-0.15, -0.1) is 0 Å². The van der Waals surface area contributed by atoms with Crippen LogP contribution in [0.25, 0.3) is 0 Å². The molecule has 9 nitrogen and oxygen atoms in total. The predicted molar refractivity (Wildman–Crippen MR) is 169 cm³/mol. The van der Waals surface area contributed by atoms with Gasteiger partial charge in [0.05, 0.1) is 19.0 Å². The second-order valence-electron chi connectivity index (χ2n) is 11.4. The van der Waals surface area contributed by atoms with E-state index in [2.05, 4.69) is 57.0 Å². The van der Waals surface area contributed by atoms with Gasteiger partial charge in [0.15, 0.2) is 6.10 Å². The van der Waals surface area contributed by atoms with Crippen molar-refractivity contribution in [2.45, 2.75) is 84.8 Å². The number of aliphatic hydroxyl groups excluding tert-OH is 1. The van der Waals surface area contributed by atoms with Crippen molar-refractivity contribution in [2.24, 2.45) is 5.92 Å². The molecule has 2 amide bonds. The number of benzene rings is 2. The molecule has 2 aromatic carbocycles. The van der Waals surface area contributed by atoms with Crippen molar-refractivity contribution >= 4 is 11.8 Å². The molecule has 0 aliphatic rings. The Bertz CT molecular complexity index is 1130. The molecule has 3 atom stereocenters. The zero-order chi connectivity index (χ0) is 31.2. The summed E-state index contributed by atoms with van der Waals surface area (Å²) < 4.78 is 5.35. The Labute approximate surface area is 252 Å². The molecule has 0 bridgehead atoms. The van der Waals surface area contributed by atoms with Crippen LogP contribution < -0.4 is 26.0 Å². The fourth-order valence-corrected chi connectivity index (χ4v) is 4.62. The van der Waals surface area contributed by atoms with Gasteiger partial charge in [-0.2, -0.15) is 0 Å². The second kappa shape index (κ2) is 17.4. The first-order valence-electron chi connectivity index (χ1n) is 14.8. The van der Waals surface area contributed by atoms with Gasteiger partial charge < -0.3 is 36.0 Å². The van der Waals surface area contributed by atoms with Crippen LogP contribution in [0.2, 0.25) is 0 Å². The number of hydrogen-bond donors (Lipinski definition) is 5. The van der Waals surface area contributed by atoms with Crippen molar-refractivity contribution in [2.75, 3.05) is 21.2 Å². The Balaban J connectivity index is 1.96. The van der Waals surface area contributed by atoms with Gasteiger partial charge in [0.2, 0.25) is 5.91 Å². The molecule has 0 fully saturated rings. The average Bonchev–Trinajstić information content (AvgIpc) is 2.96. The van der Waals surface area contributed by atoms with E-state index < -0.39 is 24.1 Å². The molecule has 42 heavy (non-hydrogen) atoms. The molecule has 5 N–H and O–H groups in total. The van der Waals surface area contributed by atoms with Crippen LogP contribution >= 0.6 is 0 Å². The van der Waals surface area contributed by atoms with Gasteiger partial charge in [0.25, 0.3) is 5.91 Å². The molecule has 0 heterocycles. The van der Waals surface area contributed by atoms with Crippen molar-refractivity contribution in [1.82, 2.24) is 26.2 Å². The van der Waals surface area contributed by atoms with Crippen LogP contribution in [-0.2, 0) is 35.6 Å². The lowest BCUT2D eigenvalue weighted by atomic mass is 10.0. The first-order chi connectivity index (χ1) is 19.9. The molecule has 0 saturated carbocycles. The molecule has 2 unspecified atom stereocenters. The second-order valence-corrected chi connectivity index (χ2v) is 11.4. The first kappa shape index (κ1) is 34.6. The van der Waals surface area contributed by atoms with E-state index in [1.165, 1.54) is 5.56 Å². The van der Waals surface area contributed by atoms with Gasteiger partial charge in [0.1, 0.15) is 11.8 Å². The normalized spacial score (nSPS) is 13.3. The summed E-state index contributed by atoms with van der Waals surface area (Å²) in [7, 11) is 5.68. The van der Waals surface area contributed by atoms with Crippen molar-refractivity contribution in [3.05, 3.63) is 77.1 Å². The standard InChI is InChI=1S/C33H51N5O4/c1-9-24-16-27(18-28(17-24)42-8)20-35-33(41)31(39)29(10-2)37-32(40)30(15-22(3)4)36-23(5)34-19-25-11-13-26(14-12-25)21-38(6)7/h11-14,16-18,22,29-31,34,36,39H,5,9-10,15,19-21H2,1-4,6-8H3,(H,35,41)(H,37,40)/t29?,30-,31?/m0/s1. The molecule has 0 aliphatic heterocycles. The van der Waals surface area contributed by atoms with Crippen LogP contribution in [-0.4, -0.2) is 61.2 Å². The highest BCUT2D eigenvalue weighted by atomic mass is 16.5. The van der Waals surface area contributed by atoms with Crippen LogP contribution in [0.4, 0.5) is 0 Å². The first-order valence-corrected chi connectivity index (χ1v) is 14.8. The van der Waals surface area contributed by atoms with Crippen molar-refractivity contribution < 1.29 is 19.4 Å². The highest BCUT2D eigenvalue weighted by molar-refractivity contribution is 5.85. The fourth-order valence-electron chi connectivity index (χ4n) is 4.62. The summed E-state index contributed by atoms with van der Waals surface area (Å²) in [6, 6.07) is 12.8. The van der Waals surface area contributed by atoms with E-state index in [9.17, 15) is 14.7 Å². The third kappa shape index (κ3) is 11.7. The average molecular weight is 582 g/mol. The van der Waals surface area contributed by atoms with Gasteiger partial charge >= 0.3 is 0 Å². The number of amides is 2. The summed E-state index contributed by atoms with van der Waals surface area (Å²) in [6.07, 6.45) is 0.381. The van der Waals surface area contributed by atoms with Gasteiger partial charge in [-0.3, -0.25) is 9.59 Å². The van der Waals surface area contributed by atoms with Crippen LogP contribution in [0.3, 0.4) is 0 Å². The largest absolute Gasteiger partial charge is 0.497 e. The number of aryl methyl sites for hydroxylation is 1. The quantitative estimate of drug-likeness (QED) is 0.183. The topological polar surface area (TPSA) is 115 Å². The summed E-state index contributed by atoms with van der Waals surface area (Å²) >= 11 is 0. The summed E-state index contributed by atoms with van der Waals surface area (Å²) in [5, 5.41) is 23.0. The molecular weight excluding hydrogens is 530 g/mol. The number of methoxy groups -OCH3 is 1. The summed E-state index contributed by atoms with van der Waals surface area (Å²) in [5.41, 5.74) is 4.31. The number of aliphatic hydroxyl groups is 1. The lowest BCUT2D eigenvalue weighted by molar-refractivity contribution is -0.132. The van der Waals surface area contributed by atoms with Gasteiger partial charge in [-0.25, -0.2) is 0 Å².